The van der Waals surface area contributed by atoms with E-state index in [2.05, 4.69) is 20.8 Å². The molecule has 1 saturated carbocycles. The molecular weight excluding hydrogens is 881 g/mol. The Bertz CT molecular complexity index is 1010. The molecule has 0 aromatic heterocycles. The minimum absolute atomic E-state index is 0.0443. The van der Waals surface area contributed by atoms with Crippen molar-refractivity contribution in [1.29, 1.82) is 0 Å². The van der Waals surface area contributed by atoms with Crippen LogP contribution in [0.4, 0.5) is 0 Å². The molecule has 0 aliphatic heterocycles. The summed E-state index contributed by atoms with van der Waals surface area (Å²) in [5.41, 5.74) is -1.28. The molecule has 0 spiro atoms. The van der Waals surface area contributed by atoms with Crippen molar-refractivity contribution in [3.8, 4) is 0 Å². The smallest absolute Gasteiger partial charge is 0.374 e. The van der Waals surface area contributed by atoms with Gasteiger partial charge in [0.2, 0.25) is 0 Å². The fraction of sp³-hybridized carbons (Fsp3) is 1.00. The minimum atomic E-state index is -3.63. The highest BCUT2D eigenvalue weighted by molar-refractivity contribution is 7.87. The first kappa shape index (κ1) is 58.1. The molecule has 9 nitrogen and oxygen atoms in total. The van der Waals surface area contributed by atoms with E-state index in [0.29, 0.717) is 72.3 Å². The molecule has 0 radical (unpaired) electrons. The maximum absolute atomic E-state index is 7.09. The highest BCUT2D eigenvalue weighted by Crippen LogP contribution is 2.68. The van der Waals surface area contributed by atoms with Crippen molar-refractivity contribution >= 4 is 89.6 Å². The van der Waals surface area contributed by atoms with E-state index in [9.17, 15) is 0 Å². The highest BCUT2D eigenvalue weighted by atomic mass is 32.1. The van der Waals surface area contributed by atoms with Crippen LogP contribution in [0.25, 0.3) is 0 Å². The van der Waals surface area contributed by atoms with Gasteiger partial charge >= 0.3 is 26.4 Å². The van der Waals surface area contributed by atoms with E-state index in [-0.39, 0.29) is 48.8 Å². The van der Waals surface area contributed by atoms with Crippen LogP contribution in [0.5, 0.6) is 0 Å². The van der Waals surface area contributed by atoms with Gasteiger partial charge in [0.25, 0.3) is 0 Å². The Hall–Kier alpha value is 2.04. The largest absolute Gasteiger partial charge is 0.504 e. The van der Waals surface area contributed by atoms with Gasteiger partial charge in [-0.05, 0) is 112 Å². The summed E-state index contributed by atoms with van der Waals surface area (Å²) in [5, 5.41) is -0.194. The fourth-order valence-electron chi connectivity index (χ4n) is 9.87. The van der Waals surface area contributed by atoms with Gasteiger partial charge in [0.1, 0.15) is 0 Å². The maximum atomic E-state index is 7.09. The third-order valence-corrected chi connectivity index (χ3v) is 26.6. The Labute approximate surface area is 387 Å². The zero-order chi connectivity index (χ0) is 44.0. The van der Waals surface area contributed by atoms with Crippen LogP contribution < -0.4 is 0 Å². The van der Waals surface area contributed by atoms with E-state index in [1.165, 1.54) is 0 Å². The average molecular weight is 970 g/mol. The second kappa shape index (κ2) is 30.3. The molecule has 1 aliphatic carbocycles. The first-order valence-corrected chi connectivity index (χ1v) is 30.8. The van der Waals surface area contributed by atoms with Gasteiger partial charge in [-0.25, -0.2) is 0 Å². The maximum Gasteiger partial charge on any atom is 0.504 e. The number of hydrogen-bond donors (Lipinski definition) is 5. The van der Waals surface area contributed by atoms with Gasteiger partial charge < -0.3 is 39.8 Å². The Morgan fingerprint density at radius 3 is 1.29 bits per heavy atom. The van der Waals surface area contributed by atoms with Gasteiger partial charge in [-0.3, -0.25) is 0 Å². The molecule has 0 aromatic rings. The first-order chi connectivity index (χ1) is 27.7. The van der Waals surface area contributed by atoms with Gasteiger partial charge in [0.15, 0.2) is 0 Å². The molecule has 0 bridgehead atoms. The Morgan fingerprint density at radius 2 is 0.879 bits per heavy atom. The molecule has 0 amide bonds. The van der Waals surface area contributed by atoms with Crippen LogP contribution in [0.3, 0.4) is 0 Å². The number of thiol groups is 5. The lowest BCUT2D eigenvalue weighted by molar-refractivity contribution is -0.0410. The van der Waals surface area contributed by atoms with E-state index < -0.39 is 31.8 Å². The van der Waals surface area contributed by atoms with Gasteiger partial charge in [-0.1, -0.05) is 46.5 Å². The molecule has 0 heterocycles. The monoisotopic (exact) mass is 968 g/mol. The van der Waals surface area contributed by atoms with Crippen molar-refractivity contribution in [2.45, 2.75) is 190 Å². The number of hydrogen-bond acceptors (Lipinski definition) is 14. The van der Waals surface area contributed by atoms with Gasteiger partial charge in [0, 0.05) is 102 Å². The van der Waals surface area contributed by atoms with E-state index in [4.69, 9.17) is 103 Å². The van der Waals surface area contributed by atoms with Crippen molar-refractivity contribution in [2.24, 2.45) is 11.3 Å². The molecule has 0 aromatic carbocycles. The quantitative estimate of drug-likeness (QED) is 0.0315. The van der Waals surface area contributed by atoms with Crippen LogP contribution in [0.15, 0.2) is 0 Å². The summed E-state index contributed by atoms with van der Waals surface area (Å²) >= 11 is 26.4. The standard InChI is InChI=1S/C41H88O9S5Si3/c1-13-26-34(51)36(53)30-38(57(45-18-6,46-19-7)47-20-8)33-28-24-25-29-41(33,32(12)56(42-15-3,43-16-4)44-17-5)39(31-37(54)40(55)35(52)27-14-2)58(48-21-9,49-22-10)50-23-11/h32-40,51-55H,13-31H2,1-12H3. The topological polar surface area (TPSA) is 83.1 Å². The van der Waals surface area contributed by atoms with Crippen molar-refractivity contribution < 1.29 is 39.8 Å². The summed E-state index contributed by atoms with van der Waals surface area (Å²) < 4.78 is 63.1. The van der Waals surface area contributed by atoms with E-state index >= 15 is 0 Å². The molecule has 1 rings (SSSR count). The van der Waals surface area contributed by atoms with Crippen molar-refractivity contribution in [2.75, 3.05) is 59.5 Å². The summed E-state index contributed by atoms with van der Waals surface area (Å²) in [6.45, 7) is 29.2. The summed E-state index contributed by atoms with van der Waals surface area (Å²) in [7, 11) is -10.6. The average Bonchev–Trinajstić information content (AvgIpc) is 3.19. The van der Waals surface area contributed by atoms with Crippen molar-refractivity contribution in [3.63, 3.8) is 0 Å². The zero-order valence-corrected chi connectivity index (χ0v) is 46.0. The molecule has 1 aliphatic rings. The van der Waals surface area contributed by atoms with Gasteiger partial charge in [-0.15, -0.1) is 0 Å². The summed E-state index contributed by atoms with van der Waals surface area (Å²) in [5.74, 6) is -0.0443. The fourth-order valence-corrected chi connectivity index (χ4v) is 23.4. The normalized spacial score (nSPS) is 22.6. The minimum Gasteiger partial charge on any atom is -0.374 e. The Morgan fingerprint density at radius 1 is 0.483 bits per heavy atom. The Balaban J connectivity index is 4.82. The molecule has 10 atom stereocenters. The zero-order valence-electron chi connectivity index (χ0n) is 38.5. The molecule has 0 saturated heterocycles. The van der Waals surface area contributed by atoms with E-state index in [1.54, 1.807) is 0 Å². The third kappa shape index (κ3) is 15.0. The molecule has 17 heteroatoms. The second-order valence-corrected chi connectivity index (χ2v) is 27.1. The van der Waals surface area contributed by atoms with Crippen LogP contribution in [0.1, 0.15) is 147 Å². The lowest BCUT2D eigenvalue weighted by atomic mass is 9.59. The number of rotatable bonds is 35. The van der Waals surface area contributed by atoms with Crippen molar-refractivity contribution in [3.05, 3.63) is 0 Å². The molecule has 10 unspecified atom stereocenters. The second-order valence-electron chi connectivity index (χ2n) is 15.4. The molecule has 0 N–H and O–H groups in total. The van der Waals surface area contributed by atoms with E-state index in [0.717, 1.165) is 51.4 Å². The first-order valence-electron chi connectivity index (χ1n) is 22.9. The van der Waals surface area contributed by atoms with Crippen LogP contribution in [0, 0.1) is 11.3 Å². The Kier molecular flexibility index (Phi) is 30.3. The molecule has 1 fully saturated rings. The van der Waals surface area contributed by atoms with Crippen LogP contribution in [-0.4, -0.2) is 112 Å². The SMILES string of the molecule is CCCC(S)C(S)CC(C1CCCCC1(C(C)[Si](OCC)(OCC)OCC)C(CC(S)C(S)C(S)CCC)[Si](OCC)(OCC)OCC)[Si](OCC)(OCC)OCC. The van der Waals surface area contributed by atoms with Crippen LogP contribution in [0.2, 0.25) is 16.6 Å². The lowest BCUT2D eigenvalue weighted by Gasteiger charge is -2.61. The van der Waals surface area contributed by atoms with Gasteiger partial charge in [-0.2, -0.15) is 63.1 Å². The predicted octanol–water partition coefficient (Wildman–Crippen LogP) is 11.3. The van der Waals surface area contributed by atoms with Gasteiger partial charge in [0.05, 0.1) is 0 Å². The highest BCUT2D eigenvalue weighted by Gasteiger charge is 2.72. The summed E-state index contributed by atoms with van der Waals surface area (Å²) in [6, 6.07) is 0. The van der Waals surface area contributed by atoms with Crippen LogP contribution >= 0.6 is 63.1 Å². The van der Waals surface area contributed by atoms with Crippen molar-refractivity contribution in [1.82, 2.24) is 0 Å². The molecule has 58 heavy (non-hydrogen) atoms. The lowest BCUT2D eigenvalue weighted by Crippen LogP contribution is -2.66. The van der Waals surface area contributed by atoms with Crippen LogP contribution in [-0.2, 0) is 39.8 Å². The summed E-state index contributed by atoms with van der Waals surface area (Å²) in [6.07, 6.45) is 8.98. The van der Waals surface area contributed by atoms with E-state index in [1.807, 2.05) is 62.3 Å². The predicted molar refractivity (Wildman–Crippen MR) is 266 cm³/mol. The third-order valence-electron chi connectivity index (χ3n) is 11.9. The summed E-state index contributed by atoms with van der Waals surface area (Å²) in [4.78, 5) is 0. The molecule has 348 valence electrons. The molecular formula is C41H88O9S5Si3.